The van der Waals surface area contributed by atoms with E-state index >= 15 is 0 Å². The molecule has 1 aromatic heterocycles. The molecule has 1 atom stereocenters. The molecular weight excluding hydrogens is 378 g/mol. The highest BCUT2D eigenvalue weighted by atomic mass is 79.9. The Hall–Kier alpha value is -1.53. The van der Waals surface area contributed by atoms with Gasteiger partial charge in [0.05, 0.1) is 23.6 Å². The van der Waals surface area contributed by atoms with Gasteiger partial charge in [-0.2, -0.15) is 0 Å². The third-order valence-electron chi connectivity index (χ3n) is 3.57. The quantitative estimate of drug-likeness (QED) is 0.458. The number of hydrogen-bond acceptors (Lipinski definition) is 4. The van der Waals surface area contributed by atoms with Crippen molar-refractivity contribution in [3.8, 4) is 0 Å². The minimum atomic E-state index is -0.427. The molecule has 1 heterocycles. The van der Waals surface area contributed by atoms with Crippen LogP contribution in [0.25, 0.3) is 0 Å². The number of Topliss-reactive ketones (excluding diaryl/α,β-unsaturated/α-hetero) is 1. The van der Waals surface area contributed by atoms with E-state index in [9.17, 15) is 9.59 Å². The van der Waals surface area contributed by atoms with Gasteiger partial charge in [0.2, 0.25) is 0 Å². The lowest BCUT2D eigenvalue weighted by Gasteiger charge is -2.10. The van der Waals surface area contributed by atoms with Crippen molar-refractivity contribution in [3.05, 3.63) is 51.3 Å². The third-order valence-corrected chi connectivity index (χ3v) is 5.21. The van der Waals surface area contributed by atoms with Gasteiger partial charge >= 0.3 is 5.97 Å². The van der Waals surface area contributed by atoms with Crippen molar-refractivity contribution in [2.45, 2.75) is 30.9 Å². The minimum Gasteiger partial charge on any atom is -0.465 e. The predicted octanol–water partition coefficient (Wildman–Crippen LogP) is 4.54. The van der Waals surface area contributed by atoms with Crippen LogP contribution in [-0.4, -0.2) is 29.1 Å². The molecule has 0 amide bonds. The van der Waals surface area contributed by atoms with E-state index in [1.807, 2.05) is 31.2 Å². The zero-order chi connectivity index (χ0) is 17.1. The van der Waals surface area contributed by atoms with Gasteiger partial charge in [-0.1, -0.05) is 15.9 Å². The highest BCUT2D eigenvalue weighted by molar-refractivity contribution is 9.10. The maximum Gasteiger partial charge on any atom is 0.339 e. The number of benzene rings is 1. The summed E-state index contributed by atoms with van der Waals surface area (Å²) < 4.78 is 5.78. The molecular formula is C17H18BrNO3S. The third kappa shape index (κ3) is 3.87. The average Bonchev–Trinajstić information content (AvgIpc) is 2.82. The molecule has 0 aliphatic rings. The molecule has 6 heteroatoms. The van der Waals surface area contributed by atoms with Crippen LogP contribution in [0.5, 0.6) is 0 Å². The van der Waals surface area contributed by atoms with E-state index in [1.165, 1.54) is 18.9 Å². The number of aromatic amines is 1. The van der Waals surface area contributed by atoms with Crippen molar-refractivity contribution in [3.63, 3.8) is 0 Å². The van der Waals surface area contributed by atoms with E-state index in [-0.39, 0.29) is 11.0 Å². The van der Waals surface area contributed by atoms with E-state index in [0.29, 0.717) is 22.5 Å². The minimum absolute atomic E-state index is 0.0336. The molecule has 2 rings (SSSR count). The molecule has 0 radical (unpaired) electrons. The molecule has 0 saturated carbocycles. The normalized spacial score (nSPS) is 12.0. The second-order valence-electron chi connectivity index (χ2n) is 5.19. The molecule has 0 aliphatic heterocycles. The number of thioether (sulfide) groups is 1. The number of esters is 1. The van der Waals surface area contributed by atoms with Gasteiger partial charge in [-0.05, 0) is 50.6 Å². The summed E-state index contributed by atoms with van der Waals surface area (Å²) in [6.07, 6.45) is 0. The Balaban J connectivity index is 2.23. The van der Waals surface area contributed by atoms with Crippen molar-refractivity contribution >= 4 is 39.4 Å². The average molecular weight is 396 g/mol. The summed E-state index contributed by atoms with van der Waals surface area (Å²) in [7, 11) is 1.34. The van der Waals surface area contributed by atoms with Crippen LogP contribution in [0.1, 0.15) is 39.0 Å². The summed E-state index contributed by atoms with van der Waals surface area (Å²) in [6.45, 7) is 5.39. The van der Waals surface area contributed by atoms with Gasteiger partial charge < -0.3 is 9.72 Å². The van der Waals surface area contributed by atoms with Gasteiger partial charge in [0.25, 0.3) is 0 Å². The van der Waals surface area contributed by atoms with Crippen LogP contribution in [0, 0.1) is 13.8 Å². The van der Waals surface area contributed by atoms with E-state index < -0.39 is 5.97 Å². The molecule has 0 spiro atoms. The van der Waals surface area contributed by atoms with Crippen LogP contribution in [0.15, 0.2) is 33.6 Å². The lowest BCUT2D eigenvalue weighted by atomic mass is 10.1. The first-order valence-electron chi connectivity index (χ1n) is 7.09. The number of H-pyrrole nitrogens is 1. The van der Waals surface area contributed by atoms with Crippen LogP contribution in [0.4, 0.5) is 0 Å². The number of nitrogens with one attached hydrogen (secondary N) is 1. The van der Waals surface area contributed by atoms with Crippen molar-refractivity contribution in [1.29, 1.82) is 0 Å². The Kier molecular flexibility index (Phi) is 5.70. The molecule has 0 aliphatic carbocycles. The number of methoxy groups -OCH3 is 1. The summed E-state index contributed by atoms with van der Waals surface area (Å²) in [6, 6.07) is 7.81. The molecule has 2 aromatic rings. The van der Waals surface area contributed by atoms with Crippen LogP contribution in [0.2, 0.25) is 0 Å². The number of halogens is 1. The molecule has 0 fully saturated rings. The van der Waals surface area contributed by atoms with E-state index in [4.69, 9.17) is 4.74 Å². The predicted molar refractivity (Wildman–Crippen MR) is 95.4 cm³/mol. The monoisotopic (exact) mass is 395 g/mol. The summed E-state index contributed by atoms with van der Waals surface area (Å²) in [4.78, 5) is 28.6. The Labute approximate surface area is 148 Å². The number of aromatic nitrogens is 1. The van der Waals surface area contributed by atoms with Crippen LogP contribution >= 0.6 is 27.7 Å². The molecule has 23 heavy (non-hydrogen) atoms. The number of rotatable bonds is 5. The van der Waals surface area contributed by atoms with E-state index in [1.54, 1.807) is 13.8 Å². The Morgan fingerprint density at radius 2 is 1.83 bits per heavy atom. The second-order valence-corrected chi connectivity index (χ2v) is 7.52. The standard InChI is InChI=1S/C17H18BrNO3S/c1-9-14(17(21)22-4)10(2)19-15(9)16(20)11(3)23-13-7-5-12(18)6-8-13/h5-8,11,19H,1-4H3/t11-/m0/s1. The lowest BCUT2D eigenvalue weighted by molar-refractivity contribution is 0.0599. The molecule has 0 unspecified atom stereocenters. The zero-order valence-corrected chi connectivity index (χ0v) is 15.8. The summed E-state index contributed by atoms with van der Waals surface area (Å²) in [5, 5.41) is -0.265. The summed E-state index contributed by atoms with van der Waals surface area (Å²) in [5.74, 6) is -0.461. The SMILES string of the molecule is COC(=O)c1c(C)[nH]c(C(=O)[C@H](C)Sc2ccc(Br)cc2)c1C. The molecule has 4 nitrogen and oxygen atoms in total. The largest absolute Gasteiger partial charge is 0.465 e. The molecule has 0 saturated heterocycles. The van der Waals surface area contributed by atoms with Gasteiger partial charge in [0.15, 0.2) is 5.78 Å². The fraction of sp³-hybridized carbons (Fsp3) is 0.294. The van der Waals surface area contributed by atoms with Crippen molar-refractivity contribution in [1.82, 2.24) is 4.98 Å². The molecule has 0 bridgehead atoms. The Morgan fingerprint density at radius 3 is 2.39 bits per heavy atom. The number of hydrogen-bond donors (Lipinski definition) is 1. The molecule has 122 valence electrons. The highest BCUT2D eigenvalue weighted by Gasteiger charge is 2.25. The number of aryl methyl sites for hydroxylation is 1. The first-order chi connectivity index (χ1) is 10.8. The number of carbonyl (C=O) groups is 2. The van der Waals surface area contributed by atoms with Gasteiger partial charge in [-0.25, -0.2) is 4.79 Å². The first kappa shape index (κ1) is 17.8. The second kappa shape index (κ2) is 7.36. The maximum absolute atomic E-state index is 12.7. The number of ketones is 1. The fourth-order valence-corrected chi connectivity index (χ4v) is 3.57. The first-order valence-corrected chi connectivity index (χ1v) is 8.76. The Morgan fingerprint density at radius 1 is 1.22 bits per heavy atom. The smallest absolute Gasteiger partial charge is 0.339 e. The van der Waals surface area contributed by atoms with Crippen LogP contribution in [-0.2, 0) is 4.74 Å². The van der Waals surface area contributed by atoms with Crippen molar-refractivity contribution in [2.75, 3.05) is 7.11 Å². The van der Waals surface area contributed by atoms with Crippen molar-refractivity contribution in [2.24, 2.45) is 0 Å². The van der Waals surface area contributed by atoms with E-state index in [2.05, 4.69) is 20.9 Å². The summed E-state index contributed by atoms with van der Waals surface area (Å²) >= 11 is 4.88. The number of ether oxygens (including phenoxy) is 1. The van der Waals surface area contributed by atoms with Gasteiger partial charge in [-0.15, -0.1) is 11.8 Å². The van der Waals surface area contributed by atoms with Gasteiger partial charge in [-0.3, -0.25) is 4.79 Å². The van der Waals surface area contributed by atoms with Gasteiger partial charge in [0, 0.05) is 15.1 Å². The van der Waals surface area contributed by atoms with Crippen molar-refractivity contribution < 1.29 is 14.3 Å². The Bertz CT molecular complexity index is 737. The van der Waals surface area contributed by atoms with Crippen LogP contribution in [0.3, 0.4) is 0 Å². The topological polar surface area (TPSA) is 59.2 Å². The maximum atomic E-state index is 12.7. The fourth-order valence-electron chi connectivity index (χ4n) is 2.38. The van der Waals surface area contributed by atoms with Crippen LogP contribution < -0.4 is 0 Å². The van der Waals surface area contributed by atoms with E-state index in [0.717, 1.165) is 9.37 Å². The zero-order valence-electron chi connectivity index (χ0n) is 13.4. The molecule has 1 aromatic carbocycles. The highest BCUT2D eigenvalue weighted by Crippen LogP contribution is 2.28. The lowest BCUT2D eigenvalue weighted by Crippen LogP contribution is -2.15. The summed E-state index contributed by atoms with van der Waals surface area (Å²) in [5.41, 5.74) is 2.21. The molecule has 1 N–H and O–H groups in total. The number of carbonyl (C=O) groups excluding carboxylic acids is 2. The van der Waals surface area contributed by atoms with Gasteiger partial charge in [0.1, 0.15) is 0 Å².